The minimum Gasteiger partial charge on any atom is -0.494 e. The van der Waals surface area contributed by atoms with Crippen molar-refractivity contribution >= 4 is 23.6 Å². The van der Waals surface area contributed by atoms with Gasteiger partial charge in [0.2, 0.25) is 11.6 Å². The molecule has 0 fully saturated rings. The van der Waals surface area contributed by atoms with Gasteiger partial charge in [-0.3, -0.25) is 9.59 Å². The summed E-state index contributed by atoms with van der Waals surface area (Å²) in [7, 11) is 2.75. The average molecular weight is 400 g/mol. The number of methoxy groups -OCH3 is 2. The fourth-order valence-corrected chi connectivity index (χ4v) is 2.95. The zero-order valence-corrected chi connectivity index (χ0v) is 16.7. The van der Waals surface area contributed by atoms with Gasteiger partial charge in [-0.05, 0) is 50.0 Å². The summed E-state index contributed by atoms with van der Waals surface area (Å²) in [5, 5.41) is 8.62. The Kier molecular flexibility index (Phi) is 7.77. The predicted molar refractivity (Wildman–Crippen MR) is 106 cm³/mol. The van der Waals surface area contributed by atoms with Gasteiger partial charge in [0.1, 0.15) is 5.75 Å². The zero-order valence-electron chi connectivity index (χ0n) is 16.7. The number of hydrogen-bond acceptors (Lipinski definition) is 6. The molecule has 0 spiro atoms. The molecule has 1 aliphatic carbocycles. The lowest BCUT2D eigenvalue weighted by atomic mass is 9.91. The van der Waals surface area contributed by atoms with Gasteiger partial charge in [-0.25, -0.2) is 4.79 Å². The number of Topliss-reactive ketones (excluding diaryl/α,β-unsaturated/α-hetero) is 2. The van der Waals surface area contributed by atoms with Crippen LogP contribution in [-0.2, 0) is 23.9 Å². The van der Waals surface area contributed by atoms with E-state index in [0.717, 1.165) is 11.6 Å². The number of carbonyl (C=O) groups is 3. The first kappa shape index (κ1) is 21.9. The molecule has 154 valence electrons. The van der Waals surface area contributed by atoms with Crippen molar-refractivity contribution in [3.63, 3.8) is 0 Å². The Bertz CT molecular complexity index is 873. The third kappa shape index (κ3) is 5.57. The van der Waals surface area contributed by atoms with Crippen LogP contribution in [0.25, 0.3) is 6.08 Å². The molecule has 1 aliphatic rings. The molecule has 2 rings (SSSR count). The fourth-order valence-electron chi connectivity index (χ4n) is 2.95. The molecule has 0 atom stereocenters. The topological polar surface area (TPSA) is 99.1 Å². The average Bonchev–Trinajstić information content (AvgIpc) is 2.71. The van der Waals surface area contributed by atoms with Crippen molar-refractivity contribution in [2.75, 3.05) is 20.8 Å². The molecule has 0 saturated carbocycles. The summed E-state index contributed by atoms with van der Waals surface area (Å²) < 4.78 is 15.9. The van der Waals surface area contributed by atoms with Crippen LogP contribution in [0.5, 0.6) is 5.75 Å². The minimum atomic E-state index is -1.00. The lowest BCUT2D eigenvalue weighted by Gasteiger charge is -2.20. The van der Waals surface area contributed by atoms with Crippen LogP contribution in [0.3, 0.4) is 0 Å². The van der Waals surface area contributed by atoms with Gasteiger partial charge < -0.3 is 19.3 Å². The Morgan fingerprint density at radius 1 is 1.00 bits per heavy atom. The van der Waals surface area contributed by atoms with Crippen LogP contribution in [-0.4, -0.2) is 43.5 Å². The minimum absolute atomic E-state index is 0.0686. The van der Waals surface area contributed by atoms with Gasteiger partial charge >= 0.3 is 5.97 Å². The second-order valence-corrected chi connectivity index (χ2v) is 6.37. The van der Waals surface area contributed by atoms with Crippen LogP contribution in [0.1, 0.15) is 31.7 Å². The van der Waals surface area contributed by atoms with E-state index in [0.29, 0.717) is 37.2 Å². The number of ketones is 2. The number of carbonyl (C=O) groups excluding carboxylic acids is 2. The van der Waals surface area contributed by atoms with Gasteiger partial charge in [0.15, 0.2) is 11.5 Å². The third-order valence-electron chi connectivity index (χ3n) is 4.44. The number of aliphatic carboxylic acids is 1. The second-order valence-electron chi connectivity index (χ2n) is 6.37. The number of carboxylic acids is 1. The molecule has 0 radical (unpaired) electrons. The van der Waals surface area contributed by atoms with E-state index in [4.69, 9.17) is 19.3 Å². The van der Waals surface area contributed by atoms with Gasteiger partial charge in [0, 0.05) is 17.2 Å². The van der Waals surface area contributed by atoms with E-state index in [1.54, 1.807) is 31.2 Å². The normalized spacial score (nSPS) is 14.6. The predicted octanol–water partition coefficient (Wildman–Crippen LogP) is 3.31. The van der Waals surface area contributed by atoms with Crippen LogP contribution < -0.4 is 4.74 Å². The highest BCUT2D eigenvalue weighted by atomic mass is 16.5. The maximum atomic E-state index is 12.5. The van der Waals surface area contributed by atoms with E-state index in [-0.39, 0.29) is 28.7 Å². The number of hydrogen-bond donors (Lipinski definition) is 1. The van der Waals surface area contributed by atoms with E-state index >= 15 is 0 Å². The quantitative estimate of drug-likeness (QED) is 0.365. The lowest BCUT2D eigenvalue weighted by molar-refractivity contribution is -0.131. The first-order valence-corrected chi connectivity index (χ1v) is 9.14. The molecular weight excluding hydrogens is 376 g/mol. The molecule has 0 aromatic heterocycles. The summed E-state index contributed by atoms with van der Waals surface area (Å²) in [5.74, 6) is -0.824. The molecule has 0 saturated heterocycles. The highest BCUT2D eigenvalue weighted by Gasteiger charge is 2.33. The van der Waals surface area contributed by atoms with Crippen LogP contribution >= 0.6 is 0 Å². The van der Waals surface area contributed by atoms with Crippen molar-refractivity contribution in [1.29, 1.82) is 0 Å². The highest BCUT2D eigenvalue weighted by Crippen LogP contribution is 2.28. The number of benzene rings is 1. The standard InChI is InChI=1S/C22H24O7/c1-14-19(25)22(28-3)17(20(26)21(14)27-2)6-4-5-13-29-16-10-7-15(8-11-16)9-12-18(23)24/h7-12H,4-6,13H2,1-3H3,(H,23,24)/b12-9+. The first-order chi connectivity index (χ1) is 13.9. The summed E-state index contributed by atoms with van der Waals surface area (Å²) in [5.41, 5.74) is 1.34. The molecule has 0 amide bonds. The Morgan fingerprint density at radius 3 is 2.24 bits per heavy atom. The van der Waals surface area contributed by atoms with Gasteiger partial charge in [0.25, 0.3) is 0 Å². The summed E-state index contributed by atoms with van der Waals surface area (Å²) in [4.78, 5) is 35.4. The van der Waals surface area contributed by atoms with Crippen molar-refractivity contribution in [3.8, 4) is 5.75 Å². The van der Waals surface area contributed by atoms with Crippen LogP contribution in [0.15, 0.2) is 53.0 Å². The molecule has 0 unspecified atom stereocenters. The van der Waals surface area contributed by atoms with E-state index < -0.39 is 5.97 Å². The number of unbranched alkanes of at least 4 members (excludes halogenated alkanes) is 1. The third-order valence-corrected chi connectivity index (χ3v) is 4.44. The Labute approximate surface area is 169 Å². The molecule has 7 heteroatoms. The monoisotopic (exact) mass is 400 g/mol. The van der Waals surface area contributed by atoms with Gasteiger partial charge in [-0.15, -0.1) is 0 Å². The molecule has 7 nitrogen and oxygen atoms in total. The molecule has 0 bridgehead atoms. The molecular formula is C22H24O7. The van der Waals surface area contributed by atoms with Gasteiger partial charge in [-0.1, -0.05) is 12.1 Å². The van der Waals surface area contributed by atoms with E-state index in [1.807, 2.05) is 0 Å². The number of ether oxygens (including phenoxy) is 3. The Hall–Kier alpha value is -3.35. The van der Waals surface area contributed by atoms with Crippen LogP contribution in [0, 0.1) is 0 Å². The van der Waals surface area contributed by atoms with E-state index in [1.165, 1.54) is 20.3 Å². The number of carboxylic acid groups (broad SMARTS) is 1. The fraction of sp³-hybridized carbons (Fsp3) is 0.318. The largest absolute Gasteiger partial charge is 0.494 e. The van der Waals surface area contributed by atoms with Crippen LogP contribution in [0.2, 0.25) is 0 Å². The first-order valence-electron chi connectivity index (χ1n) is 9.14. The van der Waals surface area contributed by atoms with Crippen LogP contribution in [0.4, 0.5) is 0 Å². The number of allylic oxidation sites excluding steroid dienone is 2. The van der Waals surface area contributed by atoms with E-state index in [2.05, 4.69) is 0 Å². The molecule has 0 aliphatic heterocycles. The van der Waals surface area contributed by atoms with Crippen molar-refractivity contribution in [3.05, 3.63) is 58.6 Å². The van der Waals surface area contributed by atoms with Crippen molar-refractivity contribution in [2.45, 2.75) is 26.2 Å². The van der Waals surface area contributed by atoms with Crippen molar-refractivity contribution in [2.24, 2.45) is 0 Å². The van der Waals surface area contributed by atoms with E-state index in [9.17, 15) is 14.4 Å². The maximum Gasteiger partial charge on any atom is 0.328 e. The van der Waals surface area contributed by atoms with Gasteiger partial charge in [0.05, 0.1) is 20.8 Å². The zero-order chi connectivity index (χ0) is 21.4. The SMILES string of the molecule is COC1=C(C)C(=O)C(OC)=C(CCCCOc2ccc(/C=C/C(=O)O)cc2)C1=O. The smallest absolute Gasteiger partial charge is 0.328 e. The lowest BCUT2D eigenvalue weighted by Crippen LogP contribution is -2.25. The molecule has 1 aromatic carbocycles. The Balaban J connectivity index is 1.87. The summed E-state index contributed by atoms with van der Waals surface area (Å²) in [6.07, 6.45) is 4.27. The van der Waals surface area contributed by atoms with Crippen molar-refractivity contribution < 1.29 is 33.7 Å². The highest BCUT2D eigenvalue weighted by molar-refractivity contribution is 6.23. The second kappa shape index (κ2) is 10.3. The summed E-state index contributed by atoms with van der Waals surface area (Å²) in [6.45, 7) is 1.99. The van der Waals surface area contributed by atoms with Crippen molar-refractivity contribution in [1.82, 2.24) is 0 Å². The summed E-state index contributed by atoms with van der Waals surface area (Å²) in [6, 6.07) is 7.04. The maximum absolute atomic E-state index is 12.5. The summed E-state index contributed by atoms with van der Waals surface area (Å²) >= 11 is 0. The number of rotatable bonds is 10. The Morgan fingerprint density at radius 2 is 1.66 bits per heavy atom. The molecule has 0 heterocycles. The molecule has 1 N–H and O–H groups in total. The molecule has 1 aromatic rings. The van der Waals surface area contributed by atoms with Gasteiger partial charge in [-0.2, -0.15) is 0 Å². The molecule has 29 heavy (non-hydrogen) atoms.